The van der Waals surface area contributed by atoms with E-state index < -0.39 is 0 Å². The average molecular weight is 391 g/mol. The number of carbonyl (C=O) groups is 1. The van der Waals surface area contributed by atoms with E-state index in [4.69, 9.17) is 21.1 Å². The highest BCUT2D eigenvalue weighted by Gasteiger charge is 2.19. The van der Waals surface area contributed by atoms with Gasteiger partial charge < -0.3 is 24.6 Å². The lowest BCUT2D eigenvalue weighted by Crippen LogP contribution is -2.39. The summed E-state index contributed by atoms with van der Waals surface area (Å²) in [6, 6.07) is 6.92. The van der Waals surface area contributed by atoms with Crippen molar-refractivity contribution in [2.45, 2.75) is 6.54 Å². The summed E-state index contributed by atoms with van der Waals surface area (Å²) in [5.74, 6) is 1.16. The lowest BCUT2D eigenvalue weighted by atomic mass is 10.2. The van der Waals surface area contributed by atoms with Crippen molar-refractivity contribution in [2.75, 3.05) is 45.7 Å². The Hall–Kier alpha value is -2.51. The molecule has 0 atom stereocenters. The number of hydrogen-bond acceptors (Lipinski definition) is 5. The Morgan fingerprint density at radius 3 is 2.63 bits per heavy atom. The van der Waals surface area contributed by atoms with Gasteiger partial charge in [-0.05, 0) is 25.7 Å². The topological polar surface area (TPSA) is 66.9 Å². The summed E-state index contributed by atoms with van der Waals surface area (Å²) in [5, 5.41) is 3.29. The van der Waals surface area contributed by atoms with Crippen molar-refractivity contribution < 1.29 is 14.3 Å². The number of aromatic nitrogens is 1. The zero-order valence-corrected chi connectivity index (χ0v) is 16.2. The van der Waals surface area contributed by atoms with Crippen LogP contribution < -0.4 is 14.8 Å². The predicted molar refractivity (Wildman–Crippen MR) is 105 cm³/mol. The Kier molecular flexibility index (Phi) is 6.36. The monoisotopic (exact) mass is 390 g/mol. The zero-order chi connectivity index (χ0) is 19.2. The first-order valence-electron chi connectivity index (χ1n) is 8.71. The molecular formula is C19H23ClN4O3. The van der Waals surface area contributed by atoms with Crippen LogP contribution in [0.2, 0.25) is 5.02 Å². The van der Waals surface area contributed by atoms with Crippen LogP contribution in [0.3, 0.4) is 0 Å². The number of nitrogens with one attached hydrogen (secondary N) is 1. The first-order chi connectivity index (χ1) is 13.0. The smallest absolute Gasteiger partial charge is 0.322 e. The molecule has 1 aliphatic rings. The van der Waals surface area contributed by atoms with Crippen LogP contribution in [0.1, 0.15) is 5.56 Å². The molecule has 0 saturated heterocycles. The number of ether oxygens (including phenoxy) is 2. The number of nitrogens with zero attached hydrogens (tertiary/aromatic N) is 3. The highest BCUT2D eigenvalue weighted by Crippen LogP contribution is 2.38. The number of amides is 2. The summed E-state index contributed by atoms with van der Waals surface area (Å²) in [4.78, 5) is 20.8. The lowest BCUT2D eigenvalue weighted by molar-refractivity contribution is 0.171. The second kappa shape index (κ2) is 8.92. The van der Waals surface area contributed by atoms with Crippen LogP contribution in [-0.2, 0) is 6.54 Å². The molecule has 0 fully saturated rings. The van der Waals surface area contributed by atoms with Crippen LogP contribution in [0.15, 0.2) is 36.7 Å². The summed E-state index contributed by atoms with van der Waals surface area (Å²) in [6.07, 6.45) is 3.47. The highest BCUT2D eigenvalue weighted by atomic mass is 35.5. The van der Waals surface area contributed by atoms with Gasteiger partial charge in [-0.2, -0.15) is 0 Å². The number of carbonyl (C=O) groups excluding carboxylic acids is 1. The van der Waals surface area contributed by atoms with Crippen LogP contribution in [0, 0.1) is 0 Å². The van der Waals surface area contributed by atoms with Crippen LogP contribution in [0.4, 0.5) is 10.5 Å². The molecule has 27 heavy (non-hydrogen) atoms. The molecule has 0 bridgehead atoms. The maximum absolute atomic E-state index is 12.9. The number of hydrogen-bond donors (Lipinski definition) is 1. The first kappa shape index (κ1) is 19.3. The van der Waals surface area contributed by atoms with Gasteiger partial charge in [-0.1, -0.05) is 17.7 Å². The molecule has 2 heterocycles. The summed E-state index contributed by atoms with van der Waals surface area (Å²) < 4.78 is 11.1. The SMILES string of the molecule is CN(C)CCN(Cc1cccnc1)C(=O)Nc1cc2c(cc1Cl)OCCO2. The molecule has 1 aromatic carbocycles. The van der Waals surface area contributed by atoms with Crippen molar-refractivity contribution in [1.82, 2.24) is 14.8 Å². The van der Waals surface area contributed by atoms with Crippen LogP contribution in [-0.4, -0.2) is 61.2 Å². The van der Waals surface area contributed by atoms with Crippen molar-refractivity contribution in [1.29, 1.82) is 0 Å². The molecule has 1 aromatic heterocycles. The van der Waals surface area contributed by atoms with Gasteiger partial charge >= 0.3 is 6.03 Å². The van der Waals surface area contributed by atoms with Gasteiger partial charge in [0.15, 0.2) is 11.5 Å². The Bertz CT molecular complexity index is 786. The Morgan fingerprint density at radius 2 is 1.96 bits per heavy atom. The molecule has 2 aromatic rings. The second-order valence-electron chi connectivity index (χ2n) is 6.49. The van der Waals surface area contributed by atoms with E-state index in [1.54, 1.807) is 29.4 Å². The third-order valence-corrected chi connectivity index (χ3v) is 4.39. The van der Waals surface area contributed by atoms with E-state index in [0.29, 0.717) is 48.5 Å². The minimum Gasteiger partial charge on any atom is -0.486 e. The zero-order valence-electron chi connectivity index (χ0n) is 15.4. The largest absolute Gasteiger partial charge is 0.486 e. The quantitative estimate of drug-likeness (QED) is 0.820. The highest BCUT2D eigenvalue weighted by molar-refractivity contribution is 6.34. The number of pyridine rings is 1. The van der Waals surface area contributed by atoms with Gasteiger partial charge in [0, 0.05) is 44.2 Å². The molecule has 0 saturated carbocycles. The van der Waals surface area contributed by atoms with Crippen molar-refractivity contribution in [3.63, 3.8) is 0 Å². The number of rotatable bonds is 6. The molecular weight excluding hydrogens is 368 g/mol. The standard InChI is InChI=1S/C19H23ClN4O3/c1-23(2)6-7-24(13-14-4-3-5-21-12-14)19(25)22-16-11-18-17(10-15(16)20)26-8-9-27-18/h3-5,10-12H,6-9,13H2,1-2H3,(H,22,25). The number of likely N-dealkylation sites (N-methyl/N-ethyl adjacent to an activating group) is 1. The third-order valence-electron chi connectivity index (χ3n) is 4.07. The van der Waals surface area contributed by atoms with Gasteiger partial charge in [0.2, 0.25) is 0 Å². The Balaban J connectivity index is 1.75. The third kappa shape index (κ3) is 5.24. The van der Waals surface area contributed by atoms with Crippen LogP contribution >= 0.6 is 11.6 Å². The lowest BCUT2D eigenvalue weighted by Gasteiger charge is -2.25. The van der Waals surface area contributed by atoms with E-state index in [9.17, 15) is 4.79 Å². The van der Waals surface area contributed by atoms with Gasteiger partial charge in [-0.15, -0.1) is 0 Å². The first-order valence-corrected chi connectivity index (χ1v) is 9.09. The molecule has 1 N–H and O–H groups in total. The molecule has 1 aliphatic heterocycles. The number of benzene rings is 1. The van der Waals surface area contributed by atoms with E-state index in [2.05, 4.69) is 10.3 Å². The normalized spacial score (nSPS) is 12.7. The Morgan fingerprint density at radius 1 is 1.22 bits per heavy atom. The summed E-state index contributed by atoms with van der Waals surface area (Å²) in [5.41, 5.74) is 1.45. The van der Waals surface area contributed by atoms with Crippen molar-refractivity contribution in [3.05, 3.63) is 47.2 Å². The fourth-order valence-electron chi connectivity index (χ4n) is 2.64. The van der Waals surface area contributed by atoms with E-state index >= 15 is 0 Å². The number of halogens is 1. The molecule has 0 unspecified atom stereocenters. The molecule has 0 radical (unpaired) electrons. The van der Waals surface area contributed by atoms with Crippen molar-refractivity contribution in [3.8, 4) is 11.5 Å². The van der Waals surface area contributed by atoms with Crippen molar-refractivity contribution in [2.24, 2.45) is 0 Å². The van der Waals surface area contributed by atoms with Crippen LogP contribution in [0.25, 0.3) is 0 Å². The number of anilines is 1. The van der Waals surface area contributed by atoms with Gasteiger partial charge in [0.1, 0.15) is 13.2 Å². The summed E-state index contributed by atoms with van der Waals surface area (Å²) in [6.45, 7) is 2.71. The molecule has 8 heteroatoms. The fraction of sp³-hybridized carbons (Fsp3) is 0.368. The molecule has 144 valence electrons. The van der Waals surface area contributed by atoms with Crippen LogP contribution in [0.5, 0.6) is 11.5 Å². The van der Waals surface area contributed by atoms with Gasteiger partial charge in [-0.3, -0.25) is 4.98 Å². The maximum atomic E-state index is 12.9. The predicted octanol–water partition coefficient (Wildman–Crippen LogP) is 3.10. The number of fused-ring (bicyclic) bond motifs is 1. The van der Waals surface area contributed by atoms with E-state index in [1.807, 2.05) is 31.1 Å². The minimum atomic E-state index is -0.237. The second-order valence-corrected chi connectivity index (χ2v) is 6.90. The van der Waals surface area contributed by atoms with E-state index in [1.165, 1.54) is 0 Å². The molecule has 0 aliphatic carbocycles. The fourth-order valence-corrected chi connectivity index (χ4v) is 2.84. The van der Waals surface area contributed by atoms with Gasteiger partial charge in [0.05, 0.1) is 10.7 Å². The summed E-state index contributed by atoms with van der Waals surface area (Å²) >= 11 is 6.31. The molecule has 3 rings (SSSR count). The molecule has 7 nitrogen and oxygen atoms in total. The van der Waals surface area contributed by atoms with Gasteiger partial charge in [0.25, 0.3) is 0 Å². The molecule has 0 spiro atoms. The van der Waals surface area contributed by atoms with E-state index in [0.717, 1.165) is 12.1 Å². The van der Waals surface area contributed by atoms with E-state index in [-0.39, 0.29) is 6.03 Å². The molecule has 2 amide bonds. The Labute approximate surface area is 163 Å². The summed E-state index contributed by atoms with van der Waals surface area (Å²) in [7, 11) is 3.94. The number of urea groups is 1. The average Bonchev–Trinajstić information content (AvgIpc) is 2.66. The van der Waals surface area contributed by atoms with Crippen molar-refractivity contribution >= 4 is 23.3 Å². The maximum Gasteiger partial charge on any atom is 0.322 e. The van der Waals surface area contributed by atoms with Gasteiger partial charge in [-0.25, -0.2) is 4.79 Å². The minimum absolute atomic E-state index is 0.237.